The topological polar surface area (TPSA) is 43.7 Å². The lowest BCUT2D eigenvalue weighted by atomic mass is 9.96. The summed E-state index contributed by atoms with van der Waals surface area (Å²) in [5.41, 5.74) is 3.50. The Labute approximate surface area is 89.5 Å². The van der Waals surface area contributed by atoms with E-state index >= 15 is 0 Å². The van der Waals surface area contributed by atoms with Gasteiger partial charge in [-0.05, 0) is 31.1 Å². The largest absolute Gasteiger partial charge is 0.264 e. The molecule has 3 heteroatoms. The van der Waals surface area contributed by atoms with Crippen molar-refractivity contribution in [3.05, 3.63) is 42.5 Å². The van der Waals surface area contributed by atoms with Gasteiger partial charge in [0, 0.05) is 5.56 Å². The lowest BCUT2D eigenvalue weighted by Gasteiger charge is -2.17. The van der Waals surface area contributed by atoms with Crippen molar-refractivity contribution < 1.29 is 10.4 Å². The van der Waals surface area contributed by atoms with E-state index in [1.54, 1.807) is 12.1 Å². The second kappa shape index (κ2) is 4.29. The maximum absolute atomic E-state index is 9.08. The summed E-state index contributed by atoms with van der Waals surface area (Å²) in [6.45, 7) is 11.3. The van der Waals surface area contributed by atoms with Crippen LogP contribution in [0.2, 0.25) is 0 Å². The van der Waals surface area contributed by atoms with Crippen LogP contribution >= 0.6 is 0 Å². The molecule has 0 fully saturated rings. The first-order chi connectivity index (χ1) is 6.95. The third-order valence-corrected chi connectivity index (χ3v) is 2.14. The standard InChI is InChI=1S/C12H15NO2/c1-8(2)10-6-5-7-11(13(14)15)12(10)9(3)4/h5-7,14-15H,1,3H2,2,4H3. The van der Waals surface area contributed by atoms with Gasteiger partial charge in [0.2, 0.25) is 0 Å². The molecule has 3 nitrogen and oxygen atoms in total. The molecular weight excluding hydrogens is 190 g/mol. The van der Waals surface area contributed by atoms with Gasteiger partial charge in [0.25, 0.3) is 0 Å². The van der Waals surface area contributed by atoms with E-state index in [9.17, 15) is 0 Å². The van der Waals surface area contributed by atoms with E-state index < -0.39 is 0 Å². The Hall–Kier alpha value is -1.58. The molecule has 1 aromatic rings. The summed E-state index contributed by atoms with van der Waals surface area (Å²) in [7, 11) is 0. The Morgan fingerprint density at radius 1 is 1.13 bits per heavy atom. The van der Waals surface area contributed by atoms with Crippen LogP contribution in [0.25, 0.3) is 11.1 Å². The van der Waals surface area contributed by atoms with Crippen LogP contribution in [-0.2, 0) is 0 Å². The highest BCUT2D eigenvalue weighted by Crippen LogP contribution is 2.31. The molecule has 0 aromatic heterocycles. The summed E-state index contributed by atoms with van der Waals surface area (Å²) in [5, 5.41) is 18.3. The molecule has 2 N–H and O–H groups in total. The molecule has 0 aliphatic carbocycles. The van der Waals surface area contributed by atoms with Crippen LogP contribution in [0.5, 0.6) is 0 Å². The molecule has 80 valence electrons. The van der Waals surface area contributed by atoms with E-state index in [-0.39, 0.29) is 5.23 Å². The van der Waals surface area contributed by atoms with Gasteiger partial charge in [-0.15, -0.1) is 5.23 Å². The summed E-state index contributed by atoms with van der Waals surface area (Å²) in [5.74, 6) is 0. The third-order valence-electron chi connectivity index (χ3n) is 2.14. The van der Waals surface area contributed by atoms with E-state index in [4.69, 9.17) is 10.4 Å². The molecule has 1 aromatic carbocycles. The number of nitrogens with zero attached hydrogens (tertiary/aromatic N) is 1. The number of rotatable bonds is 3. The third kappa shape index (κ3) is 2.26. The summed E-state index contributed by atoms with van der Waals surface area (Å²) in [6, 6.07) is 5.22. The summed E-state index contributed by atoms with van der Waals surface area (Å²) in [6.07, 6.45) is 0. The molecule has 0 amide bonds. The van der Waals surface area contributed by atoms with Crippen LogP contribution in [0, 0.1) is 0 Å². The predicted octanol–water partition coefficient (Wildman–Crippen LogP) is 3.34. The van der Waals surface area contributed by atoms with Crippen LogP contribution in [0.15, 0.2) is 31.4 Å². The fourth-order valence-corrected chi connectivity index (χ4v) is 1.51. The molecular formula is C12H15NO2. The van der Waals surface area contributed by atoms with Crippen LogP contribution in [0.3, 0.4) is 0 Å². The molecule has 0 saturated heterocycles. The smallest absolute Gasteiger partial charge is 0.102 e. The molecule has 0 heterocycles. The average Bonchev–Trinajstić information content (AvgIpc) is 2.16. The molecule has 0 bridgehead atoms. The minimum Gasteiger partial charge on any atom is -0.264 e. The zero-order valence-corrected chi connectivity index (χ0v) is 8.99. The SMILES string of the molecule is C=C(C)c1cccc(N(O)O)c1C(=C)C. The average molecular weight is 205 g/mol. The van der Waals surface area contributed by atoms with Gasteiger partial charge >= 0.3 is 0 Å². The second-order valence-electron chi connectivity index (χ2n) is 3.55. The van der Waals surface area contributed by atoms with Gasteiger partial charge in [-0.25, -0.2) is 0 Å². The van der Waals surface area contributed by atoms with Crippen molar-refractivity contribution in [1.82, 2.24) is 0 Å². The maximum atomic E-state index is 9.08. The second-order valence-corrected chi connectivity index (χ2v) is 3.55. The number of allylic oxidation sites excluding steroid dienone is 2. The van der Waals surface area contributed by atoms with E-state index in [0.717, 1.165) is 16.7 Å². The molecule has 0 atom stereocenters. The van der Waals surface area contributed by atoms with Crippen molar-refractivity contribution in [2.75, 3.05) is 5.23 Å². The van der Waals surface area contributed by atoms with E-state index in [1.807, 2.05) is 19.9 Å². The van der Waals surface area contributed by atoms with Crippen LogP contribution in [-0.4, -0.2) is 10.4 Å². The maximum Gasteiger partial charge on any atom is 0.102 e. The van der Waals surface area contributed by atoms with Gasteiger partial charge in [0.05, 0.1) is 0 Å². The Balaban J connectivity index is 3.48. The Morgan fingerprint density at radius 2 is 1.73 bits per heavy atom. The van der Waals surface area contributed by atoms with Crippen LogP contribution < -0.4 is 5.23 Å². The number of hydrogen-bond acceptors (Lipinski definition) is 3. The van der Waals surface area contributed by atoms with Gasteiger partial charge in [0.1, 0.15) is 5.69 Å². The molecule has 0 saturated carbocycles. The first-order valence-electron chi connectivity index (χ1n) is 4.57. The number of anilines is 1. The first kappa shape index (κ1) is 11.5. The molecule has 0 aliphatic rings. The molecule has 0 unspecified atom stereocenters. The van der Waals surface area contributed by atoms with E-state index in [1.165, 1.54) is 0 Å². The highest BCUT2D eigenvalue weighted by atomic mass is 16.8. The fraction of sp³-hybridized carbons (Fsp3) is 0.167. The number of benzene rings is 1. The van der Waals surface area contributed by atoms with Gasteiger partial charge in [-0.1, -0.05) is 30.9 Å². The van der Waals surface area contributed by atoms with Crippen molar-refractivity contribution in [3.63, 3.8) is 0 Å². The lowest BCUT2D eigenvalue weighted by Crippen LogP contribution is -2.13. The van der Waals surface area contributed by atoms with Gasteiger partial charge in [-0.2, -0.15) is 0 Å². The lowest BCUT2D eigenvalue weighted by molar-refractivity contribution is 0.0290. The van der Waals surface area contributed by atoms with Crippen molar-refractivity contribution in [1.29, 1.82) is 0 Å². The molecule has 1 rings (SSSR count). The zero-order chi connectivity index (χ0) is 11.6. The van der Waals surface area contributed by atoms with Gasteiger partial charge in [0.15, 0.2) is 0 Å². The Kier molecular flexibility index (Phi) is 3.29. The predicted molar refractivity (Wildman–Crippen MR) is 61.9 cm³/mol. The van der Waals surface area contributed by atoms with Crippen LogP contribution in [0.1, 0.15) is 25.0 Å². The molecule has 0 radical (unpaired) electrons. The highest BCUT2D eigenvalue weighted by Gasteiger charge is 2.12. The first-order valence-corrected chi connectivity index (χ1v) is 4.57. The summed E-state index contributed by atoms with van der Waals surface area (Å²) in [4.78, 5) is 0. The van der Waals surface area contributed by atoms with Crippen LogP contribution in [0.4, 0.5) is 5.69 Å². The van der Waals surface area contributed by atoms with E-state index in [2.05, 4.69) is 13.2 Å². The van der Waals surface area contributed by atoms with E-state index in [0.29, 0.717) is 11.3 Å². The van der Waals surface area contributed by atoms with Gasteiger partial charge in [-0.3, -0.25) is 10.4 Å². The van der Waals surface area contributed by atoms with Crippen molar-refractivity contribution >= 4 is 16.8 Å². The summed E-state index contributed by atoms with van der Waals surface area (Å²) >= 11 is 0. The van der Waals surface area contributed by atoms with Crippen molar-refractivity contribution in [2.45, 2.75) is 13.8 Å². The van der Waals surface area contributed by atoms with Gasteiger partial charge < -0.3 is 0 Å². The quantitative estimate of drug-likeness (QED) is 0.744. The minimum atomic E-state index is 0.108. The van der Waals surface area contributed by atoms with Crippen molar-refractivity contribution in [2.24, 2.45) is 0 Å². The number of hydrogen-bond donors (Lipinski definition) is 2. The normalized spacial score (nSPS) is 9.87. The van der Waals surface area contributed by atoms with Crippen molar-refractivity contribution in [3.8, 4) is 0 Å². The Morgan fingerprint density at radius 3 is 2.13 bits per heavy atom. The highest BCUT2D eigenvalue weighted by molar-refractivity contribution is 5.83. The fourth-order valence-electron chi connectivity index (χ4n) is 1.51. The molecule has 15 heavy (non-hydrogen) atoms. The molecule has 0 spiro atoms. The Bertz CT molecular complexity index is 408. The minimum absolute atomic E-state index is 0.108. The zero-order valence-electron chi connectivity index (χ0n) is 8.99. The molecule has 0 aliphatic heterocycles. The summed E-state index contributed by atoms with van der Waals surface area (Å²) < 4.78 is 0. The monoisotopic (exact) mass is 205 g/mol.